The Morgan fingerprint density at radius 1 is 0.897 bits per heavy atom. The fourth-order valence-electron chi connectivity index (χ4n) is 5.34. The molecule has 0 amide bonds. The van der Waals surface area contributed by atoms with E-state index < -0.39 is 6.04 Å². The van der Waals surface area contributed by atoms with Gasteiger partial charge in [-0.1, -0.05) is 54.6 Å². The van der Waals surface area contributed by atoms with Crippen LogP contribution in [0.15, 0.2) is 83.7 Å². The Labute approximate surface area is 225 Å². The van der Waals surface area contributed by atoms with Gasteiger partial charge in [0.1, 0.15) is 11.9 Å². The summed E-state index contributed by atoms with van der Waals surface area (Å²) in [5, 5.41) is 13.6. The van der Waals surface area contributed by atoms with Crippen LogP contribution in [0.1, 0.15) is 34.1 Å². The highest BCUT2D eigenvalue weighted by Gasteiger charge is 2.32. The summed E-state index contributed by atoms with van der Waals surface area (Å²) in [5.74, 6) is 0.299. The third-order valence-corrected chi connectivity index (χ3v) is 7.40. The minimum atomic E-state index is -0.436. The summed E-state index contributed by atoms with van der Waals surface area (Å²) in [6.45, 7) is 6.49. The summed E-state index contributed by atoms with van der Waals surface area (Å²) >= 11 is 0. The normalized spacial score (nSPS) is 15.5. The molecule has 1 N–H and O–H groups in total. The largest absolute Gasteiger partial charge is 0.322 e. The number of aromatic nitrogens is 5. The average molecular weight is 524 g/mol. The van der Waals surface area contributed by atoms with Gasteiger partial charge in [0.2, 0.25) is 0 Å². The van der Waals surface area contributed by atoms with E-state index in [4.69, 9.17) is 0 Å². The first-order chi connectivity index (χ1) is 19.0. The second-order valence-electron chi connectivity index (χ2n) is 10.2. The fraction of sp³-hybridized carbons (Fsp3) is 0.267. The van der Waals surface area contributed by atoms with E-state index >= 15 is 0 Å². The molecule has 3 aromatic carbocycles. The van der Waals surface area contributed by atoms with E-state index in [1.807, 2.05) is 37.3 Å². The molecule has 6 rings (SSSR count). The standard InChI is InChI=1S/C30H30FN7O/c1-21-7-10-24-18-26(30(39)32-27(24)17-21)28(29-33-34-35-38(29)20-23-8-11-25(31)12-9-23)37-15-13-36(14-16-37)19-22-5-3-2-4-6-22/h2-12,17-18,28H,13-16,19-20H2,1H3,(H,32,39)/t28-/m0/s1. The van der Waals surface area contributed by atoms with E-state index in [2.05, 4.69) is 54.6 Å². The van der Waals surface area contributed by atoms with Gasteiger partial charge in [-0.2, -0.15) is 0 Å². The number of nitrogens with one attached hydrogen (secondary N) is 1. The molecule has 198 valence electrons. The quantitative estimate of drug-likeness (QED) is 0.348. The zero-order valence-electron chi connectivity index (χ0n) is 21.8. The van der Waals surface area contributed by atoms with Crippen LogP contribution in [0.25, 0.3) is 10.9 Å². The molecular formula is C30H30FN7O. The Hall–Kier alpha value is -4.21. The minimum absolute atomic E-state index is 0.152. The monoisotopic (exact) mass is 523 g/mol. The minimum Gasteiger partial charge on any atom is -0.322 e. The first-order valence-corrected chi connectivity index (χ1v) is 13.2. The van der Waals surface area contributed by atoms with Crippen molar-refractivity contribution in [1.29, 1.82) is 0 Å². The van der Waals surface area contributed by atoms with Gasteiger partial charge in [-0.15, -0.1) is 5.10 Å². The number of hydrogen-bond acceptors (Lipinski definition) is 6. The first kappa shape index (κ1) is 25.1. The number of pyridine rings is 1. The summed E-state index contributed by atoms with van der Waals surface area (Å²) in [5.41, 5.74) is 4.51. The molecule has 0 bridgehead atoms. The number of hydrogen-bond donors (Lipinski definition) is 1. The fourth-order valence-corrected chi connectivity index (χ4v) is 5.34. The molecule has 9 heteroatoms. The summed E-state index contributed by atoms with van der Waals surface area (Å²) < 4.78 is 15.2. The SMILES string of the molecule is Cc1ccc2cc([C@@H](c3nnnn3Cc3ccc(F)cc3)N3CCN(Cc4ccccc4)CC3)c(=O)[nH]c2c1. The Bertz CT molecular complexity index is 1620. The van der Waals surface area contributed by atoms with Crippen LogP contribution in [-0.4, -0.2) is 61.2 Å². The molecule has 5 aromatic rings. The number of rotatable bonds is 7. The number of piperazine rings is 1. The third kappa shape index (κ3) is 5.50. The zero-order chi connectivity index (χ0) is 26.8. The molecule has 8 nitrogen and oxygen atoms in total. The van der Waals surface area contributed by atoms with Crippen molar-refractivity contribution in [2.45, 2.75) is 26.1 Å². The van der Waals surface area contributed by atoms with Crippen molar-refractivity contribution in [3.8, 4) is 0 Å². The number of H-pyrrole nitrogens is 1. The second-order valence-corrected chi connectivity index (χ2v) is 10.2. The number of benzene rings is 3. The van der Waals surface area contributed by atoms with Crippen molar-refractivity contribution in [2.24, 2.45) is 0 Å². The number of halogens is 1. The van der Waals surface area contributed by atoms with E-state index in [0.29, 0.717) is 17.9 Å². The molecule has 1 aliphatic rings. The van der Waals surface area contributed by atoms with Gasteiger partial charge in [0.25, 0.3) is 5.56 Å². The van der Waals surface area contributed by atoms with E-state index in [1.165, 1.54) is 17.7 Å². The lowest BCUT2D eigenvalue weighted by molar-refractivity contribution is 0.0998. The zero-order valence-corrected chi connectivity index (χ0v) is 21.8. The number of fused-ring (bicyclic) bond motifs is 1. The maximum absolute atomic E-state index is 13.5. The predicted octanol–water partition coefficient (Wildman–Crippen LogP) is 3.92. The van der Waals surface area contributed by atoms with E-state index in [9.17, 15) is 9.18 Å². The maximum Gasteiger partial charge on any atom is 0.253 e. The summed E-state index contributed by atoms with van der Waals surface area (Å²) in [6.07, 6.45) is 0. The van der Waals surface area contributed by atoms with Crippen LogP contribution in [0, 0.1) is 12.7 Å². The first-order valence-electron chi connectivity index (χ1n) is 13.2. The lowest BCUT2D eigenvalue weighted by Crippen LogP contribution is -2.48. The average Bonchev–Trinajstić information content (AvgIpc) is 3.39. The highest BCUT2D eigenvalue weighted by Crippen LogP contribution is 2.28. The van der Waals surface area contributed by atoms with E-state index in [-0.39, 0.29) is 11.4 Å². The molecule has 0 radical (unpaired) electrons. The Morgan fingerprint density at radius 3 is 2.41 bits per heavy atom. The molecule has 1 fully saturated rings. The van der Waals surface area contributed by atoms with Crippen molar-refractivity contribution >= 4 is 10.9 Å². The summed E-state index contributed by atoms with van der Waals surface area (Å²) in [6, 6.07) is 24.3. The van der Waals surface area contributed by atoms with Crippen LogP contribution in [0.2, 0.25) is 0 Å². The lowest BCUT2D eigenvalue weighted by atomic mass is 10.0. The van der Waals surface area contributed by atoms with Gasteiger partial charge < -0.3 is 4.98 Å². The maximum atomic E-state index is 13.5. The summed E-state index contributed by atoms with van der Waals surface area (Å²) in [7, 11) is 0. The molecule has 0 aliphatic carbocycles. The topological polar surface area (TPSA) is 82.9 Å². The van der Waals surface area contributed by atoms with Gasteiger partial charge in [-0.05, 0) is 63.7 Å². The molecule has 3 heterocycles. The van der Waals surface area contributed by atoms with Crippen molar-refractivity contribution in [3.63, 3.8) is 0 Å². The second kappa shape index (κ2) is 10.9. The Kier molecular flexibility index (Phi) is 7.00. The van der Waals surface area contributed by atoms with Crippen molar-refractivity contribution in [2.75, 3.05) is 26.2 Å². The van der Waals surface area contributed by atoms with Gasteiger partial charge in [0.15, 0.2) is 5.82 Å². The lowest BCUT2D eigenvalue weighted by Gasteiger charge is -2.38. The molecule has 0 saturated carbocycles. The van der Waals surface area contributed by atoms with Gasteiger partial charge in [0.05, 0.1) is 6.54 Å². The third-order valence-electron chi connectivity index (χ3n) is 7.40. The summed E-state index contributed by atoms with van der Waals surface area (Å²) in [4.78, 5) is 21.3. The van der Waals surface area contributed by atoms with Gasteiger partial charge in [-0.25, -0.2) is 9.07 Å². The van der Waals surface area contributed by atoms with Crippen LogP contribution in [-0.2, 0) is 13.1 Å². The van der Waals surface area contributed by atoms with Crippen molar-refractivity contribution in [3.05, 3.63) is 123 Å². The van der Waals surface area contributed by atoms with Crippen LogP contribution < -0.4 is 5.56 Å². The molecular weight excluding hydrogens is 493 g/mol. The molecule has 1 atom stereocenters. The number of aromatic amines is 1. The smallest absolute Gasteiger partial charge is 0.253 e. The number of tetrazole rings is 1. The molecule has 1 aliphatic heterocycles. The van der Waals surface area contributed by atoms with E-state index in [0.717, 1.165) is 54.8 Å². The number of nitrogens with zero attached hydrogens (tertiary/aromatic N) is 6. The molecule has 0 unspecified atom stereocenters. The van der Waals surface area contributed by atoms with Gasteiger partial charge >= 0.3 is 0 Å². The molecule has 39 heavy (non-hydrogen) atoms. The molecule has 0 spiro atoms. The Morgan fingerprint density at radius 2 is 1.64 bits per heavy atom. The number of aryl methyl sites for hydroxylation is 1. The van der Waals surface area contributed by atoms with Crippen LogP contribution >= 0.6 is 0 Å². The van der Waals surface area contributed by atoms with Crippen LogP contribution in [0.5, 0.6) is 0 Å². The van der Waals surface area contributed by atoms with Gasteiger partial charge in [0, 0.05) is 43.8 Å². The van der Waals surface area contributed by atoms with Crippen LogP contribution in [0.3, 0.4) is 0 Å². The van der Waals surface area contributed by atoms with E-state index in [1.54, 1.807) is 16.8 Å². The highest BCUT2D eigenvalue weighted by atomic mass is 19.1. The van der Waals surface area contributed by atoms with Crippen molar-refractivity contribution < 1.29 is 4.39 Å². The van der Waals surface area contributed by atoms with Crippen LogP contribution in [0.4, 0.5) is 4.39 Å². The van der Waals surface area contributed by atoms with Gasteiger partial charge in [-0.3, -0.25) is 14.6 Å². The molecule has 1 saturated heterocycles. The molecule has 2 aromatic heterocycles. The Balaban J connectivity index is 1.34. The van der Waals surface area contributed by atoms with Crippen molar-refractivity contribution in [1.82, 2.24) is 35.0 Å². The predicted molar refractivity (Wildman–Crippen MR) is 148 cm³/mol. The highest BCUT2D eigenvalue weighted by molar-refractivity contribution is 5.79.